The summed E-state index contributed by atoms with van der Waals surface area (Å²) in [4.78, 5) is 33.8. The molecule has 1 atom stereocenters. The van der Waals surface area contributed by atoms with Crippen molar-refractivity contribution in [3.05, 3.63) is 94.2 Å². The third-order valence-electron chi connectivity index (χ3n) is 8.22. The lowest BCUT2D eigenvalue weighted by atomic mass is 9.94. The predicted octanol–water partition coefficient (Wildman–Crippen LogP) is 5.24. The summed E-state index contributed by atoms with van der Waals surface area (Å²) in [5, 5.41) is 13.2. The number of amides is 2. The molecule has 1 aromatic heterocycles. The number of hydrogen-bond acceptors (Lipinski definition) is 4. The number of rotatable bonds is 8. The second-order valence-corrected chi connectivity index (χ2v) is 11.1. The van der Waals surface area contributed by atoms with Crippen molar-refractivity contribution in [1.29, 1.82) is 0 Å². The number of allylic oxidation sites excluding steroid dienone is 1. The maximum absolute atomic E-state index is 13.6. The first-order chi connectivity index (χ1) is 19.0. The molecule has 0 spiro atoms. The molecular weight excluding hydrogens is 486 g/mol. The first-order valence-corrected chi connectivity index (χ1v) is 14.1. The van der Waals surface area contributed by atoms with Gasteiger partial charge in [0.25, 0.3) is 5.91 Å². The predicted molar refractivity (Wildman–Crippen MR) is 152 cm³/mol. The van der Waals surface area contributed by atoms with E-state index in [-0.39, 0.29) is 30.5 Å². The van der Waals surface area contributed by atoms with Crippen LogP contribution in [-0.2, 0) is 24.2 Å². The zero-order chi connectivity index (χ0) is 26.9. The monoisotopic (exact) mass is 521 g/mol. The van der Waals surface area contributed by atoms with Crippen LogP contribution in [0.1, 0.15) is 77.0 Å². The lowest BCUT2D eigenvalue weighted by Gasteiger charge is -2.26. The van der Waals surface area contributed by atoms with Crippen molar-refractivity contribution in [2.24, 2.45) is 5.92 Å². The lowest BCUT2D eigenvalue weighted by molar-refractivity contribution is -0.134. The fraction of sp³-hybridized carbons (Fsp3) is 0.364. The highest BCUT2D eigenvalue weighted by Gasteiger charge is 2.39. The molecule has 0 saturated heterocycles. The van der Waals surface area contributed by atoms with Crippen molar-refractivity contribution in [2.45, 2.75) is 64.1 Å². The van der Waals surface area contributed by atoms with E-state index in [9.17, 15) is 14.7 Å². The minimum absolute atomic E-state index is 0.0279. The molecule has 0 bridgehead atoms. The summed E-state index contributed by atoms with van der Waals surface area (Å²) in [6.07, 6.45) is 8.86. The second-order valence-electron chi connectivity index (χ2n) is 11.1. The van der Waals surface area contributed by atoms with E-state index in [1.54, 1.807) is 0 Å². The van der Waals surface area contributed by atoms with Gasteiger partial charge in [0.15, 0.2) is 0 Å². The molecule has 0 unspecified atom stereocenters. The van der Waals surface area contributed by atoms with Crippen LogP contribution in [-0.4, -0.2) is 39.5 Å². The van der Waals surface area contributed by atoms with Crippen LogP contribution in [0.15, 0.2) is 60.7 Å². The summed E-state index contributed by atoms with van der Waals surface area (Å²) in [7, 11) is 0. The minimum Gasteiger partial charge on any atom is -0.396 e. The van der Waals surface area contributed by atoms with Crippen molar-refractivity contribution in [2.75, 3.05) is 6.61 Å². The Labute approximate surface area is 229 Å². The van der Waals surface area contributed by atoms with Gasteiger partial charge in [0, 0.05) is 36.7 Å². The highest BCUT2D eigenvalue weighted by Crippen LogP contribution is 2.43. The van der Waals surface area contributed by atoms with Crippen LogP contribution in [0.4, 0.5) is 0 Å². The molecule has 6 nitrogen and oxygen atoms in total. The SMILES string of the molecule is C/C=C/c1cccc(-c2nc(C(=O)NC3Cc4ccccc4C3)cc3c2[C@@H](CCO)N(C(=O)CC2CC2)C3)c1. The number of fused-ring (bicyclic) bond motifs is 2. The van der Waals surface area contributed by atoms with Gasteiger partial charge in [-0.25, -0.2) is 4.98 Å². The van der Waals surface area contributed by atoms with Gasteiger partial charge in [-0.05, 0) is 79.3 Å². The third kappa shape index (κ3) is 5.26. The van der Waals surface area contributed by atoms with Crippen LogP contribution in [0, 0.1) is 5.92 Å². The van der Waals surface area contributed by atoms with Crippen LogP contribution < -0.4 is 5.32 Å². The first kappa shape index (κ1) is 25.5. The summed E-state index contributed by atoms with van der Waals surface area (Å²) in [6, 6.07) is 18.1. The summed E-state index contributed by atoms with van der Waals surface area (Å²) < 4.78 is 0. The Hall–Kier alpha value is -3.77. The highest BCUT2D eigenvalue weighted by atomic mass is 16.3. The molecule has 3 aliphatic rings. The maximum Gasteiger partial charge on any atom is 0.270 e. The number of aliphatic hydroxyl groups is 1. The fourth-order valence-corrected chi connectivity index (χ4v) is 6.17. The van der Waals surface area contributed by atoms with Gasteiger partial charge in [-0.1, -0.05) is 54.6 Å². The average molecular weight is 522 g/mol. The molecule has 39 heavy (non-hydrogen) atoms. The van der Waals surface area contributed by atoms with Gasteiger partial charge in [0.05, 0.1) is 11.7 Å². The second kappa shape index (κ2) is 10.8. The quantitative estimate of drug-likeness (QED) is 0.425. The molecule has 1 fully saturated rings. The van der Waals surface area contributed by atoms with Crippen molar-refractivity contribution in [3.63, 3.8) is 0 Å². The molecule has 1 aliphatic heterocycles. The van der Waals surface area contributed by atoms with E-state index in [4.69, 9.17) is 4.98 Å². The number of nitrogens with zero attached hydrogens (tertiary/aromatic N) is 2. The summed E-state index contributed by atoms with van der Waals surface area (Å²) >= 11 is 0. The van der Waals surface area contributed by atoms with Gasteiger partial charge in [-0.2, -0.15) is 0 Å². The van der Waals surface area contributed by atoms with Crippen molar-refractivity contribution < 1.29 is 14.7 Å². The Morgan fingerprint density at radius 3 is 2.51 bits per heavy atom. The van der Waals surface area contributed by atoms with E-state index in [1.165, 1.54) is 11.1 Å². The van der Waals surface area contributed by atoms with E-state index in [1.807, 2.05) is 60.4 Å². The van der Waals surface area contributed by atoms with E-state index in [2.05, 4.69) is 23.5 Å². The number of carbonyl (C=O) groups excluding carboxylic acids is 2. The first-order valence-electron chi connectivity index (χ1n) is 14.1. The topological polar surface area (TPSA) is 82.5 Å². The molecule has 3 aromatic rings. The van der Waals surface area contributed by atoms with Gasteiger partial charge >= 0.3 is 0 Å². The molecule has 2 aromatic carbocycles. The van der Waals surface area contributed by atoms with Crippen LogP contribution >= 0.6 is 0 Å². The smallest absolute Gasteiger partial charge is 0.270 e. The number of hydrogen-bond donors (Lipinski definition) is 2. The Balaban J connectivity index is 1.37. The van der Waals surface area contributed by atoms with E-state index >= 15 is 0 Å². The number of benzene rings is 2. The molecule has 6 heteroatoms. The summed E-state index contributed by atoms with van der Waals surface area (Å²) in [5.74, 6) is 0.404. The van der Waals surface area contributed by atoms with E-state index in [0.717, 1.165) is 53.6 Å². The number of pyridine rings is 1. The van der Waals surface area contributed by atoms with E-state index in [0.29, 0.717) is 31.0 Å². The zero-order valence-electron chi connectivity index (χ0n) is 22.4. The number of nitrogens with one attached hydrogen (secondary N) is 1. The number of aliphatic hydroxyl groups excluding tert-OH is 1. The third-order valence-corrected chi connectivity index (χ3v) is 8.22. The zero-order valence-corrected chi connectivity index (χ0v) is 22.4. The van der Waals surface area contributed by atoms with Crippen LogP contribution in [0.25, 0.3) is 17.3 Å². The summed E-state index contributed by atoms with van der Waals surface area (Å²) in [5.41, 5.74) is 7.50. The molecule has 2 aliphatic carbocycles. The van der Waals surface area contributed by atoms with Crippen LogP contribution in [0.3, 0.4) is 0 Å². The largest absolute Gasteiger partial charge is 0.396 e. The Bertz CT molecular complexity index is 1420. The molecular formula is C33H35N3O3. The van der Waals surface area contributed by atoms with Crippen LogP contribution in [0.2, 0.25) is 0 Å². The number of carbonyl (C=O) groups is 2. The van der Waals surface area contributed by atoms with Crippen LogP contribution in [0.5, 0.6) is 0 Å². The molecule has 1 saturated carbocycles. The van der Waals surface area contributed by atoms with Gasteiger partial charge in [-0.15, -0.1) is 0 Å². The van der Waals surface area contributed by atoms with Crippen molar-refractivity contribution in [3.8, 4) is 11.3 Å². The molecule has 0 radical (unpaired) electrons. The fourth-order valence-electron chi connectivity index (χ4n) is 6.17. The normalized spacial score (nSPS) is 18.4. The Morgan fingerprint density at radius 1 is 1.05 bits per heavy atom. The molecule has 2 N–H and O–H groups in total. The van der Waals surface area contributed by atoms with Crippen molar-refractivity contribution in [1.82, 2.24) is 15.2 Å². The maximum atomic E-state index is 13.6. The summed E-state index contributed by atoms with van der Waals surface area (Å²) in [6.45, 7) is 2.39. The minimum atomic E-state index is -0.259. The van der Waals surface area contributed by atoms with Gasteiger partial charge in [0.2, 0.25) is 5.91 Å². The number of aromatic nitrogens is 1. The molecule has 2 amide bonds. The van der Waals surface area contributed by atoms with Crippen molar-refractivity contribution >= 4 is 17.9 Å². The van der Waals surface area contributed by atoms with Gasteiger partial charge in [-0.3, -0.25) is 9.59 Å². The standard InChI is InChI=1S/C33H35N3O3/c1-2-6-21-7-5-10-25(15-21)32-31-26(20-36(29(31)13-14-37)30(38)16-22-11-12-22)19-28(35-32)33(39)34-27-17-23-8-3-4-9-24(23)18-27/h2-10,15,19,22,27,29,37H,11-14,16-18,20H2,1H3,(H,34,39)/b6-2+/t29-/m1/s1. The molecule has 200 valence electrons. The Kier molecular flexibility index (Phi) is 7.05. The average Bonchev–Trinajstić information content (AvgIpc) is 3.53. The Morgan fingerprint density at radius 2 is 1.82 bits per heavy atom. The van der Waals surface area contributed by atoms with Gasteiger partial charge in [0.1, 0.15) is 5.69 Å². The molecule has 2 heterocycles. The van der Waals surface area contributed by atoms with E-state index < -0.39 is 0 Å². The lowest BCUT2D eigenvalue weighted by Crippen LogP contribution is -2.36. The van der Waals surface area contributed by atoms with Gasteiger partial charge < -0.3 is 15.3 Å². The molecule has 6 rings (SSSR count). The highest BCUT2D eigenvalue weighted by molar-refractivity contribution is 5.94.